The molecular formula is C23H28N4O3. The Labute approximate surface area is 176 Å². The van der Waals surface area contributed by atoms with Crippen LogP contribution in [0.25, 0.3) is 0 Å². The fourth-order valence-electron chi connectivity index (χ4n) is 3.54. The number of amides is 3. The number of rotatable bonds is 7. The van der Waals surface area contributed by atoms with Crippen molar-refractivity contribution < 1.29 is 14.4 Å². The molecule has 3 amide bonds. The standard InChI is InChI=1S/C23H28N4O3/c1-16(28)25-14-19-8-10-20(11-9-19)23(30)27-12-2-3-21(27)22(29)26-15-18-6-4-17(13-24)5-7-18/h4-11,21H,2-3,12-15,24H2,1H3,(H,25,28)(H,26,29). The fraction of sp³-hybridized carbons (Fsp3) is 0.348. The molecule has 1 aliphatic heterocycles. The Morgan fingerprint density at radius 1 is 0.933 bits per heavy atom. The van der Waals surface area contributed by atoms with Gasteiger partial charge < -0.3 is 21.3 Å². The van der Waals surface area contributed by atoms with Crippen LogP contribution in [0.1, 0.15) is 46.8 Å². The summed E-state index contributed by atoms with van der Waals surface area (Å²) in [7, 11) is 0. The van der Waals surface area contributed by atoms with Crippen LogP contribution >= 0.6 is 0 Å². The first-order chi connectivity index (χ1) is 14.5. The summed E-state index contributed by atoms with van der Waals surface area (Å²) in [6.07, 6.45) is 1.46. The molecule has 7 heteroatoms. The lowest BCUT2D eigenvalue weighted by atomic mass is 10.1. The maximum atomic E-state index is 12.9. The SMILES string of the molecule is CC(=O)NCc1ccc(C(=O)N2CCCC2C(=O)NCc2ccc(CN)cc2)cc1. The van der Waals surface area contributed by atoms with E-state index in [0.717, 1.165) is 23.1 Å². The first kappa shape index (κ1) is 21.5. The molecule has 3 rings (SSSR count). The number of hydrogen-bond acceptors (Lipinski definition) is 4. The molecule has 4 N–H and O–H groups in total. The van der Waals surface area contributed by atoms with E-state index in [1.807, 2.05) is 36.4 Å². The van der Waals surface area contributed by atoms with E-state index in [4.69, 9.17) is 5.73 Å². The largest absolute Gasteiger partial charge is 0.352 e. The van der Waals surface area contributed by atoms with Crippen LogP contribution in [0.4, 0.5) is 0 Å². The van der Waals surface area contributed by atoms with Crippen molar-refractivity contribution in [2.75, 3.05) is 6.54 Å². The minimum atomic E-state index is -0.458. The van der Waals surface area contributed by atoms with Crippen molar-refractivity contribution in [3.63, 3.8) is 0 Å². The van der Waals surface area contributed by atoms with Gasteiger partial charge in [-0.2, -0.15) is 0 Å². The summed E-state index contributed by atoms with van der Waals surface area (Å²) in [4.78, 5) is 38.3. The summed E-state index contributed by atoms with van der Waals surface area (Å²) >= 11 is 0. The summed E-state index contributed by atoms with van der Waals surface area (Å²) in [6.45, 7) is 3.35. The number of likely N-dealkylation sites (tertiary alicyclic amines) is 1. The summed E-state index contributed by atoms with van der Waals surface area (Å²) in [6, 6.07) is 14.5. The molecule has 7 nitrogen and oxygen atoms in total. The Morgan fingerprint density at radius 3 is 2.10 bits per heavy atom. The Morgan fingerprint density at radius 2 is 1.50 bits per heavy atom. The van der Waals surface area contributed by atoms with Gasteiger partial charge in [0, 0.05) is 38.7 Å². The lowest BCUT2D eigenvalue weighted by Crippen LogP contribution is -2.45. The zero-order valence-corrected chi connectivity index (χ0v) is 17.2. The van der Waals surface area contributed by atoms with Gasteiger partial charge in [-0.3, -0.25) is 14.4 Å². The molecule has 2 aromatic rings. The van der Waals surface area contributed by atoms with E-state index in [-0.39, 0.29) is 17.7 Å². The van der Waals surface area contributed by atoms with Crippen LogP contribution in [-0.4, -0.2) is 35.2 Å². The van der Waals surface area contributed by atoms with E-state index in [1.165, 1.54) is 6.92 Å². The minimum absolute atomic E-state index is 0.101. The lowest BCUT2D eigenvalue weighted by molar-refractivity contribution is -0.125. The molecule has 1 atom stereocenters. The van der Waals surface area contributed by atoms with E-state index >= 15 is 0 Å². The Kier molecular flexibility index (Phi) is 7.19. The fourth-order valence-corrected chi connectivity index (χ4v) is 3.54. The molecule has 0 saturated carbocycles. The maximum absolute atomic E-state index is 12.9. The number of carbonyl (C=O) groups excluding carboxylic acids is 3. The normalized spacial score (nSPS) is 15.7. The lowest BCUT2D eigenvalue weighted by Gasteiger charge is -2.24. The van der Waals surface area contributed by atoms with E-state index in [1.54, 1.807) is 17.0 Å². The molecule has 0 aliphatic carbocycles. The zero-order chi connectivity index (χ0) is 21.5. The molecule has 0 radical (unpaired) electrons. The van der Waals surface area contributed by atoms with Crippen molar-refractivity contribution in [2.24, 2.45) is 5.73 Å². The van der Waals surface area contributed by atoms with Crippen LogP contribution in [0, 0.1) is 0 Å². The van der Waals surface area contributed by atoms with Gasteiger partial charge >= 0.3 is 0 Å². The number of carbonyl (C=O) groups is 3. The quantitative estimate of drug-likeness (QED) is 0.649. The summed E-state index contributed by atoms with van der Waals surface area (Å²) < 4.78 is 0. The van der Waals surface area contributed by atoms with Gasteiger partial charge in [0.25, 0.3) is 5.91 Å². The number of nitrogens with zero attached hydrogens (tertiary/aromatic N) is 1. The highest BCUT2D eigenvalue weighted by atomic mass is 16.2. The Bertz CT molecular complexity index is 894. The zero-order valence-electron chi connectivity index (χ0n) is 17.2. The van der Waals surface area contributed by atoms with Crippen molar-refractivity contribution >= 4 is 17.7 Å². The second-order valence-corrected chi connectivity index (χ2v) is 7.50. The number of nitrogens with one attached hydrogen (secondary N) is 2. The molecule has 1 unspecified atom stereocenters. The molecule has 1 saturated heterocycles. The molecule has 158 valence electrons. The summed E-state index contributed by atoms with van der Waals surface area (Å²) in [5.41, 5.74) is 9.10. The molecule has 1 heterocycles. The average molecular weight is 409 g/mol. The van der Waals surface area contributed by atoms with Crippen LogP contribution in [0.5, 0.6) is 0 Å². The van der Waals surface area contributed by atoms with E-state index in [9.17, 15) is 14.4 Å². The van der Waals surface area contributed by atoms with Crippen molar-refractivity contribution in [1.82, 2.24) is 15.5 Å². The average Bonchev–Trinajstić information content (AvgIpc) is 3.26. The van der Waals surface area contributed by atoms with Crippen molar-refractivity contribution in [3.8, 4) is 0 Å². The van der Waals surface area contributed by atoms with Crippen LogP contribution < -0.4 is 16.4 Å². The summed E-state index contributed by atoms with van der Waals surface area (Å²) in [5, 5.41) is 5.67. The second kappa shape index (κ2) is 10.0. The molecule has 0 bridgehead atoms. The topological polar surface area (TPSA) is 105 Å². The third-order valence-corrected chi connectivity index (χ3v) is 5.28. The van der Waals surface area contributed by atoms with E-state index < -0.39 is 6.04 Å². The van der Waals surface area contributed by atoms with Crippen molar-refractivity contribution in [1.29, 1.82) is 0 Å². The molecule has 2 aromatic carbocycles. The molecule has 0 aromatic heterocycles. The molecule has 30 heavy (non-hydrogen) atoms. The van der Waals surface area contributed by atoms with E-state index in [2.05, 4.69) is 10.6 Å². The predicted molar refractivity (Wildman–Crippen MR) is 114 cm³/mol. The molecule has 1 aliphatic rings. The monoisotopic (exact) mass is 408 g/mol. The van der Waals surface area contributed by atoms with E-state index in [0.29, 0.717) is 38.2 Å². The van der Waals surface area contributed by atoms with Gasteiger partial charge in [0.15, 0.2) is 0 Å². The number of hydrogen-bond donors (Lipinski definition) is 3. The van der Waals surface area contributed by atoms with Gasteiger partial charge in [-0.15, -0.1) is 0 Å². The number of benzene rings is 2. The van der Waals surface area contributed by atoms with Gasteiger partial charge in [-0.1, -0.05) is 36.4 Å². The van der Waals surface area contributed by atoms with Crippen LogP contribution in [-0.2, 0) is 29.2 Å². The molecule has 1 fully saturated rings. The van der Waals surface area contributed by atoms with Crippen molar-refractivity contribution in [3.05, 3.63) is 70.8 Å². The maximum Gasteiger partial charge on any atom is 0.254 e. The Hall–Kier alpha value is -3.19. The van der Waals surface area contributed by atoms with Gasteiger partial charge in [0.2, 0.25) is 11.8 Å². The number of nitrogens with two attached hydrogens (primary N) is 1. The highest BCUT2D eigenvalue weighted by Crippen LogP contribution is 2.21. The van der Waals surface area contributed by atoms with Crippen LogP contribution in [0.2, 0.25) is 0 Å². The highest BCUT2D eigenvalue weighted by molar-refractivity contribution is 5.98. The third-order valence-electron chi connectivity index (χ3n) is 5.28. The molecular weight excluding hydrogens is 380 g/mol. The van der Waals surface area contributed by atoms with Gasteiger partial charge in [-0.25, -0.2) is 0 Å². The highest BCUT2D eigenvalue weighted by Gasteiger charge is 2.34. The predicted octanol–water partition coefficient (Wildman–Crippen LogP) is 1.70. The Balaban J connectivity index is 1.58. The van der Waals surface area contributed by atoms with Crippen LogP contribution in [0.15, 0.2) is 48.5 Å². The third kappa shape index (κ3) is 5.45. The smallest absolute Gasteiger partial charge is 0.254 e. The second-order valence-electron chi connectivity index (χ2n) is 7.50. The van der Waals surface area contributed by atoms with Gasteiger partial charge in [-0.05, 0) is 41.7 Å². The first-order valence-electron chi connectivity index (χ1n) is 10.2. The van der Waals surface area contributed by atoms with Crippen LogP contribution in [0.3, 0.4) is 0 Å². The molecule has 0 spiro atoms. The first-order valence-corrected chi connectivity index (χ1v) is 10.2. The van der Waals surface area contributed by atoms with Crippen molar-refractivity contribution in [2.45, 2.75) is 45.4 Å². The summed E-state index contributed by atoms with van der Waals surface area (Å²) in [5.74, 6) is -0.381. The van der Waals surface area contributed by atoms with Gasteiger partial charge in [0.1, 0.15) is 6.04 Å². The van der Waals surface area contributed by atoms with Gasteiger partial charge in [0.05, 0.1) is 0 Å². The minimum Gasteiger partial charge on any atom is -0.352 e.